The van der Waals surface area contributed by atoms with Crippen LogP contribution in [0.2, 0.25) is 5.02 Å². The van der Waals surface area contributed by atoms with Crippen LogP contribution >= 0.6 is 11.6 Å². The van der Waals surface area contributed by atoms with Crippen LogP contribution in [0, 0.1) is 11.7 Å². The van der Waals surface area contributed by atoms with E-state index >= 15 is 0 Å². The van der Waals surface area contributed by atoms with Gasteiger partial charge in [0.1, 0.15) is 5.82 Å². The predicted octanol–water partition coefficient (Wildman–Crippen LogP) is 5.31. The lowest BCUT2D eigenvalue weighted by molar-refractivity contribution is -0.142. The summed E-state index contributed by atoms with van der Waals surface area (Å²) in [6.45, 7) is 0.339. The third kappa shape index (κ3) is 5.69. The quantitative estimate of drug-likeness (QED) is 0.626. The van der Waals surface area contributed by atoms with Crippen molar-refractivity contribution < 1.29 is 27.1 Å². The van der Waals surface area contributed by atoms with Crippen molar-refractivity contribution in [3.05, 3.63) is 40.9 Å². The maximum absolute atomic E-state index is 13.4. The van der Waals surface area contributed by atoms with E-state index < -0.39 is 35.5 Å². The molecular formula is C18H17ClF4N4O2. The molecule has 2 N–H and O–H groups in total. The molecule has 6 nitrogen and oxygen atoms in total. The van der Waals surface area contributed by atoms with Gasteiger partial charge >= 0.3 is 12.3 Å². The first-order valence-corrected chi connectivity index (χ1v) is 9.22. The van der Waals surface area contributed by atoms with Crippen molar-refractivity contribution >= 4 is 29.3 Å². The van der Waals surface area contributed by atoms with E-state index in [1.807, 2.05) is 0 Å². The monoisotopic (exact) mass is 432 g/mol. The Morgan fingerprint density at radius 3 is 2.66 bits per heavy atom. The van der Waals surface area contributed by atoms with Gasteiger partial charge in [-0.2, -0.15) is 13.2 Å². The number of alkyl halides is 3. The van der Waals surface area contributed by atoms with Crippen LogP contribution < -0.4 is 15.4 Å². The Morgan fingerprint density at radius 2 is 2.00 bits per heavy atom. The lowest BCUT2D eigenvalue weighted by atomic mass is 10.1. The van der Waals surface area contributed by atoms with E-state index in [0.29, 0.717) is 12.5 Å². The summed E-state index contributed by atoms with van der Waals surface area (Å²) in [6.07, 6.45) is -1.07. The van der Waals surface area contributed by atoms with Gasteiger partial charge in [-0.25, -0.2) is 19.2 Å². The first kappa shape index (κ1) is 21.1. The smallest absolute Gasteiger partial charge is 0.406 e. The summed E-state index contributed by atoms with van der Waals surface area (Å²) in [5.41, 5.74) is -1.23. The molecule has 3 rings (SSSR count). The van der Waals surface area contributed by atoms with Crippen LogP contribution in [-0.4, -0.2) is 22.6 Å². The number of rotatable bonds is 5. The molecule has 0 bridgehead atoms. The largest absolute Gasteiger partial charge is 0.437 e. The number of amides is 1. The molecule has 1 aromatic carbocycles. The zero-order chi connectivity index (χ0) is 21.0. The summed E-state index contributed by atoms with van der Waals surface area (Å²) in [7, 11) is 0. The highest BCUT2D eigenvalue weighted by Gasteiger charge is 2.38. The number of nitrogens with one attached hydrogen (secondary N) is 2. The van der Waals surface area contributed by atoms with Crippen molar-refractivity contribution in [3.8, 4) is 5.75 Å². The second-order valence-corrected chi connectivity index (χ2v) is 6.99. The zero-order valence-electron chi connectivity index (χ0n) is 15.0. The van der Waals surface area contributed by atoms with E-state index in [2.05, 4.69) is 20.6 Å². The van der Waals surface area contributed by atoms with E-state index in [1.54, 1.807) is 0 Å². The minimum absolute atomic E-state index is 0.187. The Hall–Kier alpha value is -2.62. The number of halogens is 5. The van der Waals surface area contributed by atoms with Crippen LogP contribution in [0.5, 0.6) is 5.75 Å². The number of aromatic nitrogens is 2. The number of ether oxygens (including phenoxy) is 1. The van der Waals surface area contributed by atoms with E-state index in [1.165, 1.54) is 12.1 Å². The van der Waals surface area contributed by atoms with Crippen molar-refractivity contribution in [1.82, 2.24) is 15.3 Å². The van der Waals surface area contributed by atoms with Gasteiger partial charge in [-0.3, -0.25) is 0 Å². The Balaban J connectivity index is 1.73. The molecule has 1 aliphatic carbocycles. The highest BCUT2D eigenvalue weighted by atomic mass is 35.5. The molecule has 29 heavy (non-hydrogen) atoms. The van der Waals surface area contributed by atoms with Gasteiger partial charge in [-0.05, 0) is 37.0 Å². The molecule has 0 spiro atoms. The third-order valence-electron chi connectivity index (χ3n) is 4.41. The number of carbonyl (C=O) groups excluding carboxylic acids is 1. The highest BCUT2D eigenvalue weighted by molar-refractivity contribution is 6.31. The Morgan fingerprint density at radius 1 is 1.28 bits per heavy atom. The Kier molecular flexibility index (Phi) is 6.41. The van der Waals surface area contributed by atoms with Crippen LogP contribution in [0.3, 0.4) is 0 Å². The van der Waals surface area contributed by atoms with Crippen molar-refractivity contribution in [2.24, 2.45) is 5.92 Å². The summed E-state index contributed by atoms with van der Waals surface area (Å²) in [6, 6.07) is 3.48. The highest BCUT2D eigenvalue weighted by Crippen LogP contribution is 2.35. The fourth-order valence-electron chi connectivity index (χ4n) is 2.99. The van der Waals surface area contributed by atoms with Crippen LogP contribution in [-0.2, 0) is 6.18 Å². The number of anilines is 2. The second kappa shape index (κ2) is 8.81. The summed E-state index contributed by atoms with van der Waals surface area (Å²) in [5, 5.41) is 4.75. The third-order valence-corrected chi connectivity index (χ3v) is 4.70. The molecule has 2 aromatic rings. The molecule has 0 unspecified atom stereocenters. The molecule has 0 aliphatic heterocycles. The lowest BCUT2D eigenvalue weighted by Crippen LogP contribution is -2.31. The SMILES string of the molecule is O=C(NCC1CCCC1)Oc1cnc(Nc2ccc(F)c(Cl)c2)nc1C(F)(F)F. The molecule has 1 amide bonds. The summed E-state index contributed by atoms with van der Waals surface area (Å²) >= 11 is 5.64. The maximum atomic E-state index is 13.4. The number of carbonyl (C=O) groups is 1. The van der Waals surface area contributed by atoms with Gasteiger partial charge in [0.15, 0.2) is 11.4 Å². The minimum Gasteiger partial charge on any atom is -0.406 e. The lowest BCUT2D eigenvalue weighted by Gasteiger charge is -2.15. The fraction of sp³-hybridized carbons (Fsp3) is 0.389. The normalized spacial score (nSPS) is 14.7. The summed E-state index contributed by atoms with van der Waals surface area (Å²) < 4.78 is 58.1. The van der Waals surface area contributed by atoms with Crippen LogP contribution in [0.4, 0.5) is 34.0 Å². The fourth-order valence-corrected chi connectivity index (χ4v) is 3.17. The molecule has 1 fully saturated rings. The van der Waals surface area contributed by atoms with Crippen molar-refractivity contribution in [3.63, 3.8) is 0 Å². The zero-order valence-corrected chi connectivity index (χ0v) is 15.8. The summed E-state index contributed by atoms with van der Waals surface area (Å²) in [4.78, 5) is 19.0. The predicted molar refractivity (Wildman–Crippen MR) is 97.7 cm³/mol. The average Bonchev–Trinajstić information content (AvgIpc) is 3.17. The molecule has 1 heterocycles. The van der Waals surface area contributed by atoms with E-state index in [9.17, 15) is 22.4 Å². The van der Waals surface area contributed by atoms with Crippen molar-refractivity contribution in [1.29, 1.82) is 0 Å². The number of nitrogens with zero attached hydrogens (tertiary/aromatic N) is 2. The van der Waals surface area contributed by atoms with Gasteiger partial charge in [0.05, 0.1) is 11.2 Å². The Bertz CT molecular complexity index is 889. The van der Waals surface area contributed by atoms with Gasteiger partial charge in [-0.1, -0.05) is 24.4 Å². The van der Waals surface area contributed by atoms with Gasteiger partial charge < -0.3 is 15.4 Å². The Labute approximate surface area is 168 Å². The first-order chi connectivity index (χ1) is 13.7. The van der Waals surface area contributed by atoms with Gasteiger partial charge in [0.25, 0.3) is 0 Å². The van der Waals surface area contributed by atoms with Crippen molar-refractivity contribution in [2.45, 2.75) is 31.9 Å². The van der Waals surface area contributed by atoms with Gasteiger partial charge in [0.2, 0.25) is 5.95 Å². The molecule has 11 heteroatoms. The molecule has 1 saturated carbocycles. The second-order valence-electron chi connectivity index (χ2n) is 6.58. The van der Waals surface area contributed by atoms with Gasteiger partial charge in [-0.15, -0.1) is 0 Å². The topological polar surface area (TPSA) is 76.1 Å². The summed E-state index contributed by atoms with van der Waals surface area (Å²) in [5.74, 6) is -1.61. The molecular weight excluding hydrogens is 416 g/mol. The molecule has 0 radical (unpaired) electrons. The van der Waals surface area contributed by atoms with Crippen LogP contribution in [0.15, 0.2) is 24.4 Å². The van der Waals surface area contributed by atoms with Crippen molar-refractivity contribution in [2.75, 3.05) is 11.9 Å². The number of benzene rings is 1. The van der Waals surface area contributed by atoms with E-state index in [0.717, 1.165) is 37.9 Å². The van der Waals surface area contributed by atoms with Crippen LogP contribution in [0.25, 0.3) is 0 Å². The number of hydrogen-bond acceptors (Lipinski definition) is 5. The first-order valence-electron chi connectivity index (χ1n) is 8.84. The molecule has 1 aromatic heterocycles. The van der Waals surface area contributed by atoms with E-state index in [-0.39, 0.29) is 10.7 Å². The van der Waals surface area contributed by atoms with Crippen LogP contribution in [0.1, 0.15) is 31.4 Å². The number of hydrogen-bond donors (Lipinski definition) is 2. The molecule has 1 aliphatic rings. The minimum atomic E-state index is -4.89. The van der Waals surface area contributed by atoms with Gasteiger partial charge in [0, 0.05) is 12.2 Å². The average molecular weight is 433 g/mol. The molecule has 0 atom stereocenters. The standard InChI is InChI=1S/C18H17ClF4N4O2/c19-12-7-11(5-6-13(12)20)26-16-24-9-14(15(27-16)18(21,22)23)29-17(28)25-8-10-3-1-2-4-10/h5-7,9-10H,1-4,8H2,(H,25,28)(H,24,26,27). The molecule has 0 saturated heterocycles. The maximum Gasteiger partial charge on any atom is 0.437 e. The molecule has 156 valence electrons. The van der Waals surface area contributed by atoms with E-state index in [4.69, 9.17) is 16.3 Å².